The van der Waals surface area contributed by atoms with Crippen molar-refractivity contribution in [3.05, 3.63) is 17.2 Å². The first kappa shape index (κ1) is 24.7. The molecule has 0 aliphatic carbocycles. The van der Waals surface area contributed by atoms with Crippen LogP contribution in [-0.2, 0) is 11.3 Å². The molecule has 5 nitrogen and oxygen atoms in total. The number of H-pyrrole nitrogens is 1. The highest BCUT2D eigenvalue weighted by Crippen LogP contribution is 2.14. The molecule has 0 aromatic carbocycles. The van der Waals surface area contributed by atoms with Crippen molar-refractivity contribution in [2.45, 2.75) is 88.3 Å². The Hall–Kier alpha value is -1.52. The number of aryl methyl sites for hydroxylation is 2. The summed E-state index contributed by atoms with van der Waals surface area (Å²) in [6.07, 6.45) is -0.294. The zero-order valence-electron chi connectivity index (χ0n) is 17.7. The van der Waals surface area contributed by atoms with Crippen molar-refractivity contribution >= 4 is 6.09 Å². The van der Waals surface area contributed by atoms with Gasteiger partial charge in [0.15, 0.2) is 0 Å². The second kappa shape index (κ2) is 11.9. The Morgan fingerprint density at radius 1 is 1.17 bits per heavy atom. The molecule has 1 heterocycles. The van der Waals surface area contributed by atoms with Crippen LogP contribution in [0.5, 0.6) is 0 Å². The average molecular weight is 342 g/mol. The predicted octanol–water partition coefficient (Wildman–Crippen LogP) is 5.47. The van der Waals surface area contributed by atoms with E-state index in [2.05, 4.69) is 23.8 Å². The molecule has 0 unspecified atom stereocenters. The monoisotopic (exact) mass is 341 g/mol. The molecule has 0 aliphatic heterocycles. The fourth-order valence-corrected chi connectivity index (χ4v) is 1.85. The molecule has 1 amide bonds. The van der Waals surface area contributed by atoms with Crippen LogP contribution in [0.1, 0.15) is 79.5 Å². The van der Waals surface area contributed by atoms with E-state index in [1.807, 2.05) is 62.3 Å². The van der Waals surface area contributed by atoms with Gasteiger partial charge in [-0.1, -0.05) is 41.5 Å². The van der Waals surface area contributed by atoms with Crippen molar-refractivity contribution in [1.29, 1.82) is 0 Å². The molecule has 1 aromatic rings. The third-order valence-corrected chi connectivity index (χ3v) is 2.76. The lowest BCUT2D eigenvalue weighted by atomic mass is 10.2. The number of carbonyl (C=O) groups is 1. The first-order chi connectivity index (χ1) is 11.1. The van der Waals surface area contributed by atoms with Crippen molar-refractivity contribution in [3.63, 3.8) is 0 Å². The highest BCUT2D eigenvalue weighted by atomic mass is 16.6. The quantitative estimate of drug-likeness (QED) is 0.789. The zero-order valence-corrected chi connectivity index (χ0v) is 17.7. The van der Waals surface area contributed by atoms with Gasteiger partial charge < -0.3 is 14.6 Å². The molecule has 1 N–H and O–H groups in total. The predicted molar refractivity (Wildman–Crippen MR) is 102 cm³/mol. The third kappa shape index (κ3) is 10.3. The van der Waals surface area contributed by atoms with Gasteiger partial charge in [0.2, 0.25) is 0 Å². The molecular formula is C19H39N3O2. The van der Waals surface area contributed by atoms with Crippen molar-refractivity contribution in [1.82, 2.24) is 14.9 Å². The summed E-state index contributed by atoms with van der Waals surface area (Å²) in [5, 5.41) is 0. The van der Waals surface area contributed by atoms with E-state index in [1.165, 1.54) is 0 Å². The van der Waals surface area contributed by atoms with Crippen LogP contribution in [0.25, 0.3) is 0 Å². The van der Waals surface area contributed by atoms with Gasteiger partial charge >= 0.3 is 6.09 Å². The molecule has 0 spiro atoms. The number of hydrogen-bond acceptors (Lipinski definition) is 3. The van der Waals surface area contributed by atoms with Crippen LogP contribution in [-0.4, -0.2) is 33.1 Å². The lowest BCUT2D eigenvalue weighted by Gasteiger charge is -2.28. The Kier molecular flexibility index (Phi) is 12.3. The molecule has 0 radical (unpaired) electrons. The topological polar surface area (TPSA) is 58.2 Å². The van der Waals surface area contributed by atoms with E-state index in [4.69, 9.17) is 4.74 Å². The fraction of sp³-hybridized carbons (Fsp3) is 0.789. The first-order valence-electron chi connectivity index (χ1n) is 9.08. The van der Waals surface area contributed by atoms with Gasteiger partial charge in [0.05, 0.1) is 12.2 Å². The number of rotatable bonds is 4. The van der Waals surface area contributed by atoms with Gasteiger partial charge in [-0.05, 0) is 40.5 Å². The molecule has 5 heteroatoms. The molecule has 0 aliphatic rings. The van der Waals surface area contributed by atoms with Gasteiger partial charge in [0.1, 0.15) is 11.4 Å². The van der Waals surface area contributed by atoms with E-state index in [0.717, 1.165) is 17.2 Å². The summed E-state index contributed by atoms with van der Waals surface area (Å²) in [5.74, 6) is 1.17. The van der Waals surface area contributed by atoms with Crippen LogP contribution in [0, 0.1) is 19.8 Å². The van der Waals surface area contributed by atoms with Gasteiger partial charge in [0.25, 0.3) is 0 Å². The van der Waals surface area contributed by atoms with Gasteiger partial charge in [0, 0.05) is 12.2 Å². The van der Waals surface area contributed by atoms with Gasteiger partial charge in [-0.2, -0.15) is 0 Å². The SMILES string of the molecule is CC.CC.Cc1nc(CN(CC(C)C)C(=O)OC(C)(C)C)[nH]c1C. The first-order valence-corrected chi connectivity index (χ1v) is 9.08. The fourth-order valence-electron chi connectivity index (χ4n) is 1.85. The van der Waals surface area contributed by atoms with E-state index < -0.39 is 5.60 Å². The third-order valence-electron chi connectivity index (χ3n) is 2.76. The highest BCUT2D eigenvalue weighted by molar-refractivity contribution is 5.68. The number of imidazole rings is 1. The summed E-state index contributed by atoms with van der Waals surface area (Å²) < 4.78 is 5.46. The number of nitrogens with one attached hydrogen (secondary N) is 1. The minimum absolute atomic E-state index is 0.294. The number of aromatic amines is 1. The van der Waals surface area contributed by atoms with E-state index in [-0.39, 0.29) is 6.09 Å². The summed E-state index contributed by atoms with van der Waals surface area (Å²) in [5.41, 5.74) is 1.52. The average Bonchev–Trinajstić information content (AvgIpc) is 2.78. The summed E-state index contributed by atoms with van der Waals surface area (Å²) in [6.45, 7) is 22.8. The van der Waals surface area contributed by atoms with E-state index in [9.17, 15) is 4.79 Å². The maximum atomic E-state index is 12.3. The molecule has 0 saturated heterocycles. The zero-order chi connectivity index (χ0) is 19.5. The van der Waals surface area contributed by atoms with Gasteiger partial charge in [-0.25, -0.2) is 9.78 Å². The Bertz CT molecular complexity index is 440. The number of ether oxygens (including phenoxy) is 1. The van der Waals surface area contributed by atoms with Crippen LogP contribution in [0.15, 0.2) is 0 Å². The van der Waals surface area contributed by atoms with Crippen molar-refractivity contribution < 1.29 is 9.53 Å². The molecule has 142 valence electrons. The van der Waals surface area contributed by atoms with Gasteiger partial charge in [-0.15, -0.1) is 0 Å². The normalized spacial score (nSPS) is 10.3. The molecule has 1 rings (SSSR count). The number of nitrogens with zero attached hydrogens (tertiary/aromatic N) is 2. The van der Waals surface area contributed by atoms with Crippen LogP contribution in [0.3, 0.4) is 0 Å². The van der Waals surface area contributed by atoms with E-state index in [1.54, 1.807) is 4.90 Å². The van der Waals surface area contributed by atoms with Crippen molar-refractivity contribution in [2.24, 2.45) is 5.92 Å². The molecule has 0 fully saturated rings. The molecule has 24 heavy (non-hydrogen) atoms. The Labute approximate surface area is 149 Å². The van der Waals surface area contributed by atoms with Gasteiger partial charge in [-0.3, -0.25) is 0 Å². The minimum Gasteiger partial charge on any atom is -0.444 e. The summed E-state index contributed by atoms with van der Waals surface area (Å²) in [4.78, 5) is 21.6. The number of hydrogen-bond donors (Lipinski definition) is 1. The second-order valence-corrected chi connectivity index (χ2v) is 6.65. The Morgan fingerprint density at radius 3 is 2.00 bits per heavy atom. The van der Waals surface area contributed by atoms with Crippen LogP contribution >= 0.6 is 0 Å². The molecule has 0 atom stereocenters. The standard InChI is InChI=1S/C15H27N3O2.2C2H6/c1-10(2)8-18(14(19)20-15(5,6)7)9-13-16-11(3)12(4)17-13;2*1-2/h10H,8-9H2,1-7H3,(H,16,17);2*1-2H3. The second-order valence-electron chi connectivity index (χ2n) is 6.65. The van der Waals surface area contributed by atoms with Crippen LogP contribution < -0.4 is 0 Å². The smallest absolute Gasteiger partial charge is 0.410 e. The maximum Gasteiger partial charge on any atom is 0.410 e. The lowest BCUT2D eigenvalue weighted by molar-refractivity contribution is 0.0206. The van der Waals surface area contributed by atoms with Crippen molar-refractivity contribution in [2.75, 3.05) is 6.54 Å². The minimum atomic E-state index is -0.485. The number of amides is 1. The Morgan fingerprint density at radius 2 is 1.67 bits per heavy atom. The van der Waals surface area contributed by atoms with Crippen LogP contribution in [0.2, 0.25) is 0 Å². The molecule has 1 aromatic heterocycles. The Balaban J connectivity index is 0. The van der Waals surface area contributed by atoms with Crippen LogP contribution in [0.4, 0.5) is 4.79 Å². The maximum absolute atomic E-state index is 12.3. The summed E-state index contributed by atoms with van der Waals surface area (Å²) >= 11 is 0. The highest BCUT2D eigenvalue weighted by Gasteiger charge is 2.23. The molecular weight excluding hydrogens is 302 g/mol. The molecule has 0 bridgehead atoms. The number of carbonyl (C=O) groups excluding carboxylic acids is 1. The number of aromatic nitrogens is 2. The summed E-state index contributed by atoms with van der Waals surface area (Å²) in [7, 11) is 0. The van der Waals surface area contributed by atoms with E-state index >= 15 is 0 Å². The molecule has 0 saturated carbocycles. The summed E-state index contributed by atoms with van der Waals surface area (Å²) in [6, 6.07) is 0. The van der Waals surface area contributed by atoms with E-state index in [0.29, 0.717) is 19.0 Å². The largest absolute Gasteiger partial charge is 0.444 e. The lowest BCUT2D eigenvalue weighted by Crippen LogP contribution is -2.38. The van der Waals surface area contributed by atoms with Crippen molar-refractivity contribution in [3.8, 4) is 0 Å².